The lowest BCUT2D eigenvalue weighted by molar-refractivity contribution is 0.0596. The van der Waals surface area contributed by atoms with E-state index in [0.717, 1.165) is 37.7 Å². The second kappa shape index (κ2) is 9.30. The van der Waals surface area contributed by atoms with Crippen molar-refractivity contribution in [3.05, 3.63) is 35.5 Å². The maximum absolute atomic E-state index is 10.6. The zero-order valence-electron chi connectivity index (χ0n) is 24.7. The van der Waals surface area contributed by atoms with E-state index in [1.54, 1.807) is 0 Å². The van der Waals surface area contributed by atoms with Gasteiger partial charge in [0.05, 0.1) is 17.8 Å². The van der Waals surface area contributed by atoms with Crippen molar-refractivity contribution in [3.63, 3.8) is 0 Å². The van der Waals surface area contributed by atoms with Gasteiger partial charge in [-0.25, -0.2) is 0 Å². The molecule has 0 aromatic rings. The molecule has 0 unspecified atom stereocenters. The third-order valence-electron chi connectivity index (χ3n) is 8.19. The topological polar surface area (TPSA) is 60.7 Å². The van der Waals surface area contributed by atoms with E-state index in [0.29, 0.717) is 49.0 Å². The van der Waals surface area contributed by atoms with E-state index in [1.165, 1.54) is 5.57 Å². The monoisotopic (exact) mass is 422 g/mol. The first-order chi connectivity index (χ1) is 16.5. The first kappa shape index (κ1) is 16.7. The van der Waals surface area contributed by atoms with Crippen LogP contribution in [0, 0.1) is 23.2 Å². The minimum atomic E-state index is -2.96. The van der Waals surface area contributed by atoms with Gasteiger partial charge >= 0.3 is 0 Å². The molecule has 3 fully saturated rings. The molecule has 0 amide bonds. The number of allylic oxidation sites excluding steroid dienone is 3. The number of aliphatic hydroxyl groups excluding tert-OH is 2. The van der Waals surface area contributed by atoms with E-state index in [-0.39, 0.29) is 11.8 Å². The van der Waals surface area contributed by atoms with Crippen LogP contribution >= 0.6 is 0 Å². The van der Waals surface area contributed by atoms with Crippen molar-refractivity contribution >= 4 is 0 Å². The highest BCUT2D eigenvalue weighted by molar-refractivity contribution is 5.38. The molecule has 3 saturated carbocycles. The average molecular weight is 423 g/mol. The summed E-state index contributed by atoms with van der Waals surface area (Å²) < 4.78 is 45.6. The molecule has 0 spiro atoms. The van der Waals surface area contributed by atoms with Gasteiger partial charge in [-0.15, -0.1) is 0 Å². The fourth-order valence-corrected chi connectivity index (χ4v) is 6.56. The van der Waals surface area contributed by atoms with Crippen molar-refractivity contribution in [2.24, 2.45) is 23.2 Å². The fraction of sp³-hybridized carbons (Fsp3) is 0.778. The second-order valence-corrected chi connectivity index (χ2v) is 10.4. The molecule has 0 heterocycles. The molecule has 170 valence electrons. The molecule has 3 nitrogen and oxygen atoms in total. The van der Waals surface area contributed by atoms with Crippen LogP contribution in [0.15, 0.2) is 35.5 Å². The van der Waals surface area contributed by atoms with E-state index in [9.17, 15) is 15.3 Å². The lowest BCUT2D eigenvalue weighted by atomic mass is 9.60. The zero-order chi connectivity index (χ0) is 27.1. The molecule has 0 saturated heterocycles. The Labute approximate surface area is 192 Å². The molecule has 3 aliphatic rings. The summed E-state index contributed by atoms with van der Waals surface area (Å²) in [5.74, 6) is 1.18. The van der Waals surface area contributed by atoms with E-state index < -0.39 is 31.5 Å². The summed E-state index contributed by atoms with van der Waals surface area (Å²) in [5, 5.41) is 30.8. The normalized spacial score (nSPS) is 42.6. The SMILES string of the molecule is [2H]C([2H])([2H])C(O)(CCC[C@@H](C)[C@H]1CC[C@H]2/C(=C/C=C3/C[C@H](O)C[C@H](O)C3=C)CCC[C@]12C)C([2H])([2H])[2H]. The molecule has 3 heteroatoms. The summed E-state index contributed by atoms with van der Waals surface area (Å²) in [5.41, 5.74) is 0.463. The van der Waals surface area contributed by atoms with Crippen LogP contribution in [0.1, 0.15) is 100.0 Å². The molecule has 3 aliphatic carbocycles. The van der Waals surface area contributed by atoms with E-state index in [4.69, 9.17) is 8.22 Å². The van der Waals surface area contributed by atoms with E-state index in [1.807, 2.05) is 6.08 Å². The van der Waals surface area contributed by atoms with Crippen LogP contribution in [0.25, 0.3) is 0 Å². The Bertz CT molecular complexity index is 860. The maximum atomic E-state index is 10.6. The third-order valence-corrected chi connectivity index (χ3v) is 8.19. The van der Waals surface area contributed by atoms with Crippen molar-refractivity contribution in [3.8, 4) is 0 Å². The lowest BCUT2D eigenvalue weighted by Gasteiger charge is -2.44. The van der Waals surface area contributed by atoms with Gasteiger partial charge in [0.2, 0.25) is 0 Å². The van der Waals surface area contributed by atoms with Crippen molar-refractivity contribution < 1.29 is 23.5 Å². The largest absolute Gasteiger partial charge is 0.393 e. The van der Waals surface area contributed by atoms with Gasteiger partial charge in [-0.3, -0.25) is 0 Å². The summed E-state index contributed by atoms with van der Waals surface area (Å²) in [7, 11) is 0. The Morgan fingerprint density at radius 3 is 2.80 bits per heavy atom. The Morgan fingerprint density at radius 2 is 2.07 bits per heavy atom. The summed E-state index contributed by atoms with van der Waals surface area (Å²) in [6.07, 6.45) is 10.0. The highest BCUT2D eigenvalue weighted by Gasteiger charge is 2.50. The Balaban J connectivity index is 1.69. The van der Waals surface area contributed by atoms with Gasteiger partial charge in [-0.05, 0) is 93.0 Å². The average Bonchev–Trinajstić information content (AvgIpc) is 3.11. The molecule has 0 aromatic carbocycles. The molecule has 0 radical (unpaired) electrons. The Morgan fingerprint density at radius 1 is 1.30 bits per heavy atom. The van der Waals surface area contributed by atoms with E-state index in [2.05, 4.69) is 26.5 Å². The molecular weight excluding hydrogens is 372 g/mol. The second-order valence-electron chi connectivity index (χ2n) is 10.4. The van der Waals surface area contributed by atoms with E-state index >= 15 is 0 Å². The molecule has 3 N–H and O–H groups in total. The highest BCUT2D eigenvalue weighted by atomic mass is 16.3. The zero-order valence-corrected chi connectivity index (χ0v) is 18.7. The van der Waals surface area contributed by atoms with Crippen LogP contribution in [0.2, 0.25) is 0 Å². The Kier molecular flexibility index (Phi) is 5.18. The van der Waals surface area contributed by atoms with Crippen LogP contribution in [-0.4, -0.2) is 33.1 Å². The lowest BCUT2D eigenvalue weighted by Crippen LogP contribution is -2.36. The molecule has 30 heavy (non-hydrogen) atoms. The summed E-state index contributed by atoms with van der Waals surface area (Å²) in [6.45, 7) is 2.64. The molecule has 0 bridgehead atoms. The van der Waals surface area contributed by atoms with Gasteiger partial charge in [0, 0.05) is 14.6 Å². The van der Waals surface area contributed by atoms with Gasteiger partial charge in [0.1, 0.15) is 0 Å². The molecule has 0 aromatic heterocycles. The standard InChI is InChI=1S/C27H44O3/c1-18(8-6-14-26(3,4)30)23-12-13-24-20(9-7-15-27(23,24)5)10-11-21-16-22(28)17-25(29)19(21)2/h10-11,18,22-25,28-30H,2,6-9,12-17H2,1,3-5H3/b20-10+,21-11-/t18-,22+,23-,24+,25+,27-/m1/s1/i3D3,4D3. The van der Waals surface area contributed by atoms with Gasteiger partial charge < -0.3 is 15.3 Å². The number of aliphatic hydroxyl groups is 3. The predicted molar refractivity (Wildman–Crippen MR) is 124 cm³/mol. The highest BCUT2D eigenvalue weighted by Crippen LogP contribution is 2.60. The minimum absolute atomic E-state index is 0.120. The van der Waals surface area contributed by atoms with Gasteiger partial charge in [-0.2, -0.15) is 0 Å². The van der Waals surface area contributed by atoms with Crippen LogP contribution in [-0.2, 0) is 0 Å². The number of rotatable bonds is 6. The van der Waals surface area contributed by atoms with Gasteiger partial charge in [0.25, 0.3) is 0 Å². The smallest absolute Gasteiger partial charge is 0.0811 e. The van der Waals surface area contributed by atoms with Crippen molar-refractivity contribution in [1.82, 2.24) is 0 Å². The number of hydrogen-bond acceptors (Lipinski definition) is 3. The van der Waals surface area contributed by atoms with Crippen LogP contribution < -0.4 is 0 Å². The molecule has 6 atom stereocenters. The van der Waals surface area contributed by atoms with Crippen molar-refractivity contribution in [1.29, 1.82) is 0 Å². The van der Waals surface area contributed by atoms with Crippen molar-refractivity contribution in [2.45, 2.75) is 110 Å². The summed E-state index contributed by atoms with van der Waals surface area (Å²) >= 11 is 0. The van der Waals surface area contributed by atoms with Gasteiger partial charge in [0.15, 0.2) is 0 Å². The van der Waals surface area contributed by atoms with Gasteiger partial charge in [-0.1, -0.05) is 51.0 Å². The third kappa shape index (κ3) is 5.29. The quantitative estimate of drug-likeness (QED) is 0.514. The maximum Gasteiger partial charge on any atom is 0.0811 e. The molecular formula is C27H44O3. The van der Waals surface area contributed by atoms with Crippen LogP contribution in [0.5, 0.6) is 0 Å². The molecule has 0 aliphatic heterocycles. The Hall–Kier alpha value is -0.900. The van der Waals surface area contributed by atoms with Crippen molar-refractivity contribution in [2.75, 3.05) is 0 Å². The van der Waals surface area contributed by atoms with Crippen LogP contribution in [0.4, 0.5) is 0 Å². The molecule has 3 rings (SSSR count). The number of hydrogen-bond donors (Lipinski definition) is 3. The predicted octanol–water partition coefficient (Wildman–Crippen LogP) is 5.70. The summed E-state index contributed by atoms with van der Waals surface area (Å²) in [6, 6.07) is 0. The first-order valence-corrected chi connectivity index (χ1v) is 11.7. The van der Waals surface area contributed by atoms with Crippen LogP contribution in [0.3, 0.4) is 0 Å². The fourth-order valence-electron chi connectivity index (χ4n) is 6.56. The first-order valence-electron chi connectivity index (χ1n) is 14.7. The minimum Gasteiger partial charge on any atom is -0.393 e. The number of fused-ring (bicyclic) bond motifs is 1. The summed E-state index contributed by atoms with van der Waals surface area (Å²) in [4.78, 5) is 0.